The van der Waals surface area contributed by atoms with E-state index in [9.17, 15) is 0 Å². The third kappa shape index (κ3) is 5.98. The molecule has 5 nitrogen and oxygen atoms in total. The van der Waals surface area contributed by atoms with Gasteiger partial charge in [-0.25, -0.2) is 0 Å². The molecule has 0 amide bonds. The highest BCUT2D eigenvalue weighted by atomic mass is 15.3. The molecule has 12 rings (SSSR count). The van der Waals surface area contributed by atoms with E-state index in [0.29, 0.717) is 17.7 Å². The molecule has 0 bridgehead atoms. The topological polar surface area (TPSA) is 48.5 Å². The molecule has 0 fully saturated rings. The van der Waals surface area contributed by atoms with Gasteiger partial charge in [0.15, 0.2) is 5.82 Å². The van der Waals surface area contributed by atoms with E-state index in [1.54, 1.807) is 0 Å². The fourth-order valence-corrected chi connectivity index (χ4v) is 9.09. The Kier molecular flexibility index (Phi) is 8.42. The molecule has 0 aliphatic heterocycles. The minimum Gasteiger partial charge on any atom is -0.278 e. The van der Waals surface area contributed by atoms with E-state index < -0.39 is 0 Å². The van der Waals surface area contributed by atoms with Gasteiger partial charge >= 0.3 is 0 Å². The summed E-state index contributed by atoms with van der Waals surface area (Å²) in [6, 6.07) is 79.3. The summed E-state index contributed by atoms with van der Waals surface area (Å²) in [5.74, 6) is 1.67. The number of benzene rings is 9. The standard InChI is InChI=1S/C57H37N5/c1-4-17-38(18-5-1)41-23-16-24-44(35-41)45-25-10-11-28-50(45)55-58-56(61-51-29-14-12-26-46(51)47-27-13-15-30-52(47)61)60-57(59-55)62-53-36-42(39-19-6-2-7-20-39)31-33-48(53)49-34-32-43(37-54(49)62)40-21-8-3-9-22-40/h1-37H. The molecule has 3 heterocycles. The number of fused-ring (bicyclic) bond motifs is 6. The highest BCUT2D eigenvalue weighted by molar-refractivity contribution is 6.11. The maximum atomic E-state index is 5.52. The molecule has 0 aliphatic rings. The fourth-order valence-electron chi connectivity index (χ4n) is 9.09. The summed E-state index contributed by atoms with van der Waals surface area (Å²) in [6.07, 6.45) is 0. The van der Waals surface area contributed by atoms with E-state index in [1.165, 1.54) is 5.56 Å². The van der Waals surface area contributed by atoms with E-state index in [0.717, 1.165) is 88.1 Å². The molecule has 0 radical (unpaired) electrons. The fraction of sp³-hybridized carbons (Fsp3) is 0. The second-order valence-electron chi connectivity index (χ2n) is 15.7. The molecule has 12 aromatic rings. The number of rotatable bonds is 7. The number of para-hydroxylation sites is 2. The summed E-state index contributed by atoms with van der Waals surface area (Å²) in [5.41, 5.74) is 14.0. The van der Waals surface area contributed by atoms with Gasteiger partial charge in [0.25, 0.3) is 0 Å². The zero-order valence-corrected chi connectivity index (χ0v) is 33.6. The average molecular weight is 792 g/mol. The van der Waals surface area contributed by atoms with Crippen LogP contribution in [0.1, 0.15) is 0 Å². The van der Waals surface area contributed by atoms with E-state index >= 15 is 0 Å². The van der Waals surface area contributed by atoms with Crippen molar-refractivity contribution < 1.29 is 0 Å². The van der Waals surface area contributed by atoms with Crippen LogP contribution in [0.3, 0.4) is 0 Å². The van der Waals surface area contributed by atoms with Crippen LogP contribution in [-0.4, -0.2) is 24.1 Å². The van der Waals surface area contributed by atoms with Crippen LogP contribution in [-0.2, 0) is 0 Å². The zero-order valence-electron chi connectivity index (χ0n) is 33.6. The van der Waals surface area contributed by atoms with Crippen LogP contribution in [0.15, 0.2) is 224 Å². The average Bonchev–Trinajstić information content (AvgIpc) is 3.87. The first-order valence-electron chi connectivity index (χ1n) is 20.9. The first-order chi connectivity index (χ1) is 30.7. The van der Waals surface area contributed by atoms with Crippen LogP contribution >= 0.6 is 0 Å². The maximum Gasteiger partial charge on any atom is 0.240 e. The Labute approximate surface area is 358 Å². The first-order valence-corrected chi connectivity index (χ1v) is 20.9. The lowest BCUT2D eigenvalue weighted by atomic mass is 9.95. The van der Waals surface area contributed by atoms with Crippen LogP contribution in [0, 0.1) is 0 Å². The predicted molar refractivity (Wildman–Crippen MR) is 256 cm³/mol. The largest absolute Gasteiger partial charge is 0.278 e. The molecule has 5 heteroatoms. The molecular formula is C57H37N5. The Bertz CT molecular complexity index is 3470. The van der Waals surface area contributed by atoms with Gasteiger partial charge in [0.2, 0.25) is 11.9 Å². The zero-order chi connectivity index (χ0) is 41.0. The van der Waals surface area contributed by atoms with Crippen molar-refractivity contribution in [2.45, 2.75) is 0 Å². The van der Waals surface area contributed by atoms with Gasteiger partial charge in [0.05, 0.1) is 22.1 Å². The Hall–Kier alpha value is -8.41. The molecule has 0 saturated heterocycles. The number of hydrogen-bond acceptors (Lipinski definition) is 3. The van der Waals surface area contributed by atoms with Crippen molar-refractivity contribution in [3.63, 3.8) is 0 Å². The Balaban J connectivity index is 1.17. The summed E-state index contributed by atoms with van der Waals surface area (Å²) in [4.78, 5) is 16.5. The van der Waals surface area contributed by atoms with Crippen LogP contribution in [0.4, 0.5) is 0 Å². The second kappa shape index (κ2) is 14.7. The number of hydrogen-bond donors (Lipinski definition) is 0. The van der Waals surface area contributed by atoms with E-state index in [-0.39, 0.29) is 0 Å². The van der Waals surface area contributed by atoms with Crippen molar-refractivity contribution in [3.05, 3.63) is 224 Å². The van der Waals surface area contributed by atoms with Gasteiger partial charge in [-0.15, -0.1) is 0 Å². The Morgan fingerprint density at radius 2 is 0.629 bits per heavy atom. The van der Waals surface area contributed by atoms with Gasteiger partial charge in [0.1, 0.15) is 0 Å². The van der Waals surface area contributed by atoms with Crippen molar-refractivity contribution in [3.8, 4) is 67.8 Å². The third-order valence-electron chi connectivity index (χ3n) is 12.0. The van der Waals surface area contributed by atoms with E-state index in [4.69, 9.17) is 15.0 Å². The molecular weight excluding hydrogens is 755 g/mol. The number of nitrogens with zero attached hydrogens (tertiary/aromatic N) is 5. The van der Waals surface area contributed by atoms with Gasteiger partial charge in [0, 0.05) is 27.1 Å². The molecule has 9 aromatic carbocycles. The normalized spacial score (nSPS) is 11.5. The molecule has 290 valence electrons. The summed E-state index contributed by atoms with van der Waals surface area (Å²) in [5, 5.41) is 4.53. The minimum atomic E-state index is 0.537. The summed E-state index contributed by atoms with van der Waals surface area (Å²) >= 11 is 0. The van der Waals surface area contributed by atoms with Crippen molar-refractivity contribution >= 4 is 43.6 Å². The molecule has 62 heavy (non-hydrogen) atoms. The molecule has 0 N–H and O–H groups in total. The lowest BCUT2D eigenvalue weighted by Crippen LogP contribution is -2.10. The van der Waals surface area contributed by atoms with E-state index in [2.05, 4.69) is 234 Å². The maximum absolute atomic E-state index is 5.52. The smallest absolute Gasteiger partial charge is 0.240 e. The quantitative estimate of drug-likeness (QED) is 0.162. The summed E-state index contributed by atoms with van der Waals surface area (Å²) in [7, 11) is 0. The second-order valence-corrected chi connectivity index (χ2v) is 15.7. The van der Waals surface area contributed by atoms with Gasteiger partial charge in [-0.3, -0.25) is 9.13 Å². The first kappa shape index (κ1) is 35.5. The minimum absolute atomic E-state index is 0.537. The van der Waals surface area contributed by atoms with E-state index in [1.807, 2.05) is 0 Å². The molecule has 0 aliphatic carbocycles. The van der Waals surface area contributed by atoms with Gasteiger partial charge < -0.3 is 0 Å². The highest BCUT2D eigenvalue weighted by Crippen LogP contribution is 2.39. The monoisotopic (exact) mass is 791 g/mol. The van der Waals surface area contributed by atoms with Crippen LogP contribution in [0.25, 0.3) is 111 Å². The summed E-state index contributed by atoms with van der Waals surface area (Å²) < 4.78 is 4.43. The third-order valence-corrected chi connectivity index (χ3v) is 12.0. The predicted octanol–water partition coefficient (Wildman–Crippen LogP) is 14.4. The number of aromatic nitrogens is 5. The van der Waals surface area contributed by atoms with Gasteiger partial charge in [-0.1, -0.05) is 194 Å². The van der Waals surface area contributed by atoms with Crippen LogP contribution in [0.5, 0.6) is 0 Å². The van der Waals surface area contributed by atoms with Gasteiger partial charge in [-0.2, -0.15) is 15.0 Å². The van der Waals surface area contributed by atoms with Gasteiger partial charge in [-0.05, 0) is 74.8 Å². The lowest BCUT2D eigenvalue weighted by Gasteiger charge is -2.15. The van der Waals surface area contributed by atoms with Crippen molar-refractivity contribution in [2.75, 3.05) is 0 Å². The molecule has 0 atom stereocenters. The van der Waals surface area contributed by atoms with Crippen molar-refractivity contribution in [1.82, 2.24) is 24.1 Å². The van der Waals surface area contributed by atoms with Crippen LogP contribution < -0.4 is 0 Å². The van der Waals surface area contributed by atoms with Crippen molar-refractivity contribution in [1.29, 1.82) is 0 Å². The molecule has 3 aromatic heterocycles. The lowest BCUT2D eigenvalue weighted by molar-refractivity contribution is 0.893. The Morgan fingerprint density at radius 3 is 1.16 bits per heavy atom. The van der Waals surface area contributed by atoms with Crippen LogP contribution in [0.2, 0.25) is 0 Å². The SMILES string of the molecule is c1ccc(-c2cccc(-c3ccccc3-c3nc(-n4c5ccccc5c5ccccc54)nc(-n4c5cc(-c6ccccc6)ccc5c5ccc(-c6ccccc6)cc54)n3)c2)cc1. The Morgan fingerprint density at radius 1 is 0.242 bits per heavy atom. The molecule has 0 spiro atoms. The molecule has 0 unspecified atom stereocenters. The highest BCUT2D eigenvalue weighted by Gasteiger charge is 2.22. The summed E-state index contributed by atoms with van der Waals surface area (Å²) in [6.45, 7) is 0. The molecule has 0 saturated carbocycles. The van der Waals surface area contributed by atoms with Crippen molar-refractivity contribution in [2.24, 2.45) is 0 Å².